The number of hydrazine groups is 1. The zero-order chi connectivity index (χ0) is 14.8. The van der Waals surface area contributed by atoms with E-state index in [0.717, 1.165) is 35.4 Å². The molecule has 0 saturated heterocycles. The van der Waals surface area contributed by atoms with Gasteiger partial charge in [-0.1, -0.05) is 13.8 Å². The number of nitrogens with one attached hydrogen (secondary N) is 1. The van der Waals surface area contributed by atoms with Crippen LogP contribution in [0.25, 0.3) is 10.2 Å². The summed E-state index contributed by atoms with van der Waals surface area (Å²) in [6, 6.07) is 2.14. The minimum Gasteiger partial charge on any atom is -0.474 e. The molecule has 0 atom stereocenters. The van der Waals surface area contributed by atoms with Crippen molar-refractivity contribution in [3.05, 3.63) is 10.9 Å². The lowest BCUT2D eigenvalue weighted by Gasteiger charge is -2.26. The van der Waals surface area contributed by atoms with Crippen LogP contribution in [0.15, 0.2) is 6.07 Å². The van der Waals surface area contributed by atoms with Crippen LogP contribution in [0.3, 0.4) is 0 Å². The first-order chi connectivity index (χ1) is 10.2. The van der Waals surface area contributed by atoms with E-state index in [1.165, 1.54) is 17.7 Å². The van der Waals surface area contributed by atoms with Gasteiger partial charge in [-0.15, -0.1) is 11.3 Å². The zero-order valence-electron chi connectivity index (χ0n) is 12.6. The predicted octanol–water partition coefficient (Wildman–Crippen LogP) is 3.50. The first kappa shape index (κ1) is 14.5. The van der Waals surface area contributed by atoms with E-state index in [-0.39, 0.29) is 6.10 Å². The van der Waals surface area contributed by atoms with Crippen molar-refractivity contribution < 1.29 is 4.74 Å². The van der Waals surface area contributed by atoms with Crippen LogP contribution in [0.4, 0.5) is 5.95 Å². The molecule has 0 radical (unpaired) electrons. The summed E-state index contributed by atoms with van der Waals surface area (Å²) in [5.74, 6) is 7.38. The number of aryl methyl sites for hydroxylation is 1. The number of aromatic nitrogens is 2. The van der Waals surface area contributed by atoms with E-state index in [1.807, 2.05) is 0 Å². The quantitative estimate of drug-likeness (QED) is 0.668. The number of ether oxygens (including phenoxy) is 1. The monoisotopic (exact) mass is 306 g/mol. The molecule has 0 aliphatic heterocycles. The SMILES string of the molecule is CCc1cc2c(OC3CCC(C)CC3)nc(NN)nc2s1. The molecule has 21 heavy (non-hydrogen) atoms. The maximum Gasteiger partial charge on any atom is 0.241 e. The molecule has 0 bridgehead atoms. The number of nitrogen functional groups attached to an aromatic ring is 1. The fourth-order valence-corrected chi connectivity index (χ4v) is 3.74. The van der Waals surface area contributed by atoms with Gasteiger partial charge in [-0.25, -0.2) is 10.8 Å². The van der Waals surface area contributed by atoms with E-state index in [9.17, 15) is 0 Å². The number of fused-ring (bicyclic) bond motifs is 1. The Kier molecular flexibility index (Phi) is 4.26. The highest BCUT2D eigenvalue weighted by Gasteiger charge is 2.22. The van der Waals surface area contributed by atoms with Crippen molar-refractivity contribution in [3.8, 4) is 5.88 Å². The van der Waals surface area contributed by atoms with Gasteiger partial charge in [0.05, 0.1) is 5.39 Å². The fraction of sp³-hybridized carbons (Fsp3) is 0.600. The summed E-state index contributed by atoms with van der Waals surface area (Å²) in [6.07, 6.45) is 5.91. The summed E-state index contributed by atoms with van der Waals surface area (Å²) >= 11 is 1.68. The van der Waals surface area contributed by atoms with Gasteiger partial charge >= 0.3 is 0 Å². The molecule has 2 aromatic heterocycles. The molecule has 0 unspecified atom stereocenters. The highest BCUT2D eigenvalue weighted by molar-refractivity contribution is 7.18. The molecule has 1 aliphatic rings. The lowest BCUT2D eigenvalue weighted by Crippen LogP contribution is -2.23. The summed E-state index contributed by atoms with van der Waals surface area (Å²) in [7, 11) is 0. The third-order valence-corrected chi connectivity index (χ3v) is 5.30. The van der Waals surface area contributed by atoms with Crippen LogP contribution in [0.1, 0.15) is 44.4 Å². The highest BCUT2D eigenvalue weighted by Crippen LogP contribution is 2.34. The molecule has 0 spiro atoms. The van der Waals surface area contributed by atoms with Crippen LogP contribution >= 0.6 is 11.3 Å². The van der Waals surface area contributed by atoms with Gasteiger partial charge in [0.2, 0.25) is 11.8 Å². The number of rotatable bonds is 4. The van der Waals surface area contributed by atoms with Crippen molar-refractivity contribution in [1.29, 1.82) is 0 Å². The second-order valence-electron chi connectivity index (χ2n) is 5.78. The van der Waals surface area contributed by atoms with Gasteiger partial charge in [0.25, 0.3) is 0 Å². The molecule has 5 nitrogen and oxygen atoms in total. The summed E-state index contributed by atoms with van der Waals surface area (Å²) < 4.78 is 6.18. The van der Waals surface area contributed by atoms with Crippen LogP contribution in [0, 0.1) is 5.92 Å². The lowest BCUT2D eigenvalue weighted by atomic mass is 9.89. The van der Waals surface area contributed by atoms with Crippen LogP contribution in [0.2, 0.25) is 0 Å². The molecule has 0 amide bonds. The van der Waals surface area contributed by atoms with Crippen molar-refractivity contribution in [3.63, 3.8) is 0 Å². The number of hydrogen-bond donors (Lipinski definition) is 2. The first-order valence-corrected chi connectivity index (χ1v) is 8.45. The van der Waals surface area contributed by atoms with Crippen molar-refractivity contribution in [1.82, 2.24) is 9.97 Å². The van der Waals surface area contributed by atoms with Gasteiger partial charge in [0, 0.05) is 4.88 Å². The summed E-state index contributed by atoms with van der Waals surface area (Å²) in [6.45, 7) is 4.45. The van der Waals surface area contributed by atoms with E-state index < -0.39 is 0 Å². The topological polar surface area (TPSA) is 73.1 Å². The number of anilines is 1. The van der Waals surface area contributed by atoms with Gasteiger partial charge in [-0.05, 0) is 44.1 Å². The number of hydrogen-bond acceptors (Lipinski definition) is 6. The number of nitrogens with two attached hydrogens (primary N) is 1. The Bertz CT molecular complexity index is 619. The Morgan fingerprint density at radius 3 is 2.76 bits per heavy atom. The van der Waals surface area contributed by atoms with Crippen LogP contribution < -0.4 is 16.0 Å². The van der Waals surface area contributed by atoms with Crippen LogP contribution in [0.5, 0.6) is 5.88 Å². The normalized spacial score (nSPS) is 22.4. The number of nitrogens with zero attached hydrogens (tertiary/aromatic N) is 2. The smallest absolute Gasteiger partial charge is 0.241 e. The lowest BCUT2D eigenvalue weighted by molar-refractivity contribution is 0.132. The van der Waals surface area contributed by atoms with Crippen LogP contribution in [-0.4, -0.2) is 16.1 Å². The first-order valence-electron chi connectivity index (χ1n) is 7.63. The molecule has 3 N–H and O–H groups in total. The van der Waals surface area contributed by atoms with Gasteiger partial charge in [0.15, 0.2) is 0 Å². The molecule has 1 fully saturated rings. The van der Waals surface area contributed by atoms with Crippen molar-refractivity contribution >= 4 is 27.5 Å². The minimum absolute atomic E-state index is 0.259. The maximum atomic E-state index is 6.18. The number of thiophene rings is 1. The average Bonchev–Trinajstić information content (AvgIpc) is 2.92. The molecule has 0 aromatic carbocycles. The molecular formula is C15H22N4OS. The Morgan fingerprint density at radius 2 is 2.10 bits per heavy atom. The second kappa shape index (κ2) is 6.15. The van der Waals surface area contributed by atoms with E-state index >= 15 is 0 Å². The molecule has 114 valence electrons. The third kappa shape index (κ3) is 3.11. The highest BCUT2D eigenvalue weighted by atomic mass is 32.1. The summed E-state index contributed by atoms with van der Waals surface area (Å²) in [4.78, 5) is 11.1. The Morgan fingerprint density at radius 1 is 1.33 bits per heavy atom. The molecule has 2 heterocycles. The fourth-order valence-electron chi connectivity index (χ4n) is 2.78. The molecule has 6 heteroatoms. The standard InChI is InChI=1S/C15H22N4OS/c1-3-11-8-12-13(17-15(19-16)18-14(12)21-11)20-10-6-4-9(2)5-7-10/h8-10H,3-7,16H2,1-2H3,(H,17,18,19). The van der Waals surface area contributed by atoms with E-state index in [4.69, 9.17) is 10.6 Å². The van der Waals surface area contributed by atoms with Crippen molar-refractivity contribution in [2.24, 2.45) is 11.8 Å². The average molecular weight is 306 g/mol. The van der Waals surface area contributed by atoms with E-state index in [1.54, 1.807) is 11.3 Å². The van der Waals surface area contributed by atoms with Crippen molar-refractivity contribution in [2.75, 3.05) is 5.43 Å². The summed E-state index contributed by atoms with van der Waals surface area (Å²) in [5, 5.41) is 1.01. The molecule has 1 saturated carbocycles. The van der Waals surface area contributed by atoms with Gasteiger partial charge in [-0.3, -0.25) is 5.43 Å². The Labute approximate surface area is 128 Å². The maximum absolute atomic E-state index is 6.18. The van der Waals surface area contributed by atoms with Crippen LogP contribution in [-0.2, 0) is 6.42 Å². The minimum atomic E-state index is 0.259. The van der Waals surface area contributed by atoms with Gasteiger partial charge in [0.1, 0.15) is 10.9 Å². The molecular weight excluding hydrogens is 284 g/mol. The predicted molar refractivity (Wildman–Crippen MR) is 86.7 cm³/mol. The van der Waals surface area contributed by atoms with Crippen molar-refractivity contribution in [2.45, 2.75) is 52.1 Å². The molecule has 2 aromatic rings. The van der Waals surface area contributed by atoms with E-state index in [0.29, 0.717) is 11.8 Å². The van der Waals surface area contributed by atoms with Gasteiger partial charge < -0.3 is 4.74 Å². The van der Waals surface area contributed by atoms with E-state index in [2.05, 4.69) is 35.3 Å². The summed E-state index contributed by atoms with van der Waals surface area (Å²) in [5.41, 5.74) is 2.54. The largest absolute Gasteiger partial charge is 0.474 e. The Balaban J connectivity index is 1.90. The Hall–Kier alpha value is -1.40. The van der Waals surface area contributed by atoms with Gasteiger partial charge in [-0.2, -0.15) is 4.98 Å². The molecule has 1 aliphatic carbocycles. The zero-order valence-corrected chi connectivity index (χ0v) is 13.4. The third-order valence-electron chi connectivity index (χ3n) is 4.13. The molecule has 3 rings (SSSR count). The second-order valence-corrected chi connectivity index (χ2v) is 6.90.